The van der Waals surface area contributed by atoms with Gasteiger partial charge in [0.05, 0.1) is 0 Å². The third kappa shape index (κ3) is 3.85. The SMILES string of the molecule is CC=C[SiH2]OC(=O)C(=O)O. The second-order valence-corrected chi connectivity index (χ2v) is 2.57. The Morgan fingerprint density at radius 3 is 2.60 bits per heavy atom. The Balaban J connectivity index is 3.50. The average molecular weight is 160 g/mol. The van der Waals surface area contributed by atoms with Crippen LogP contribution in [0.3, 0.4) is 0 Å². The number of carbonyl (C=O) groups excluding carboxylic acids is 1. The summed E-state index contributed by atoms with van der Waals surface area (Å²) in [4.78, 5) is 20.0. The summed E-state index contributed by atoms with van der Waals surface area (Å²) in [6.45, 7) is 1.78. The average Bonchev–Trinajstić information content (AvgIpc) is 1.88. The molecule has 0 aromatic carbocycles. The second kappa shape index (κ2) is 4.75. The molecule has 0 saturated heterocycles. The van der Waals surface area contributed by atoms with Crippen LogP contribution < -0.4 is 0 Å². The zero-order valence-electron chi connectivity index (χ0n) is 5.53. The van der Waals surface area contributed by atoms with Crippen LogP contribution in [-0.4, -0.2) is 26.8 Å². The lowest BCUT2D eigenvalue weighted by Gasteiger charge is -1.93. The maximum Gasteiger partial charge on any atom is 0.413 e. The monoisotopic (exact) mass is 160 g/mol. The zero-order chi connectivity index (χ0) is 7.98. The Bertz CT molecular complexity index is 163. The van der Waals surface area contributed by atoms with Gasteiger partial charge in [0.2, 0.25) is 9.76 Å². The van der Waals surface area contributed by atoms with E-state index in [4.69, 9.17) is 5.11 Å². The molecule has 56 valence electrons. The number of carboxylic acid groups (broad SMARTS) is 1. The Morgan fingerprint density at radius 2 is 2.20 bits per heavy atom. The lowest BCUT2D eigenvalue weighted by molar-refractivity contribution is -0.158. The van der Waals surface area contributed by atoms with Crippen LogP contribution in [0.15, 0.2) is 11.8 Å². The summed E-state index contributed by atoms with van der Waals surface area (Å²) in [7, 11) is -1.09. The van der Waals surface area contributed by atoms with Crippen molar-refractivity contribution in [2.75, 3.05) is 0 Å². The summed E-state index contributed by atoms with van der Waals surface area (Å²) in [6, 6.07) is 0. The molecule has 1 N–H and O–H groups in total. The lowest BCUT2D eigenvalue weighted by Crippen LogP contribution is -2.17. The van der Waals surface area contributed by atoms with Gasteiger partial charge >= 0.3 is 11.9 Å². The van der Waals surface area contributed by atoms with Crippen molar-refractivity contribution in [1.29, 1.82) is 0 Å². The quantitative estimate of drug-likeness (QED) is 0.425. The molecule has 0 amide bonds. The molecular formula is C5H8O4Si. The van der Waals surface area contributed by atoms with Gasteiger partial charge in [-0.15, -0.1) is 0 Å². The highest BCUT2D eigenvalue weighted by Gasteiger charge is 2.10. The molecule has 0 aliphatic carbocycles. The van der Waals surface area contributed by atoms with Crippen LogP contribution in [0.1, 0.15) is 6.92 Å². The largest absolute Gasteiger partial charge is 0.513 e. The van der Waals surface area contributed by atoms with E-state index in [9.17, 15) is 9.59 Å². The summed E-state index contributed by atoms with van der Waals surface area (Å²) < 4.78 is 4.36. The molecule has 0 aliphatic rings. The van der Waals surface area contributed by atoms with E-state index in [0.717, 1.165) is 0 Å². The summed E-state index contributed by atoms with van der Waals surface area (Å²) in [5, 5.41) is 8.00. The third-order valence-electron chi connectivity index (χ3n) is 0.721. The zero-order valence-corrected chi connectivity index (χ0v) is 6.95. The van der Waals surface area contributed by atoms with E-state index in [1.807, 2.05) is 0 Å². The van der Waals surface area contributed by atoms with Crippen molar-refractivity contribution < 1.29 is 19.1 Å². The Hall–Kier alpha value is -1.10. The van der Waals surface area contributed by atoms with Crippen molar-refractivity contribution in [1.82, 2.24) is 0 Å². The van der Waals surface area contributed by atoms with Gasteiger partial charge in [-0.05, 0) is 6.92 Å². The molecule has 0 aromatic rings. The van der Waals surface area contributed by atoms with E-state index in [-0.39, 0.29) is 0 Å². The highest BCUT2D eigenvalue weighted by molar-refractivity contribution is 6.43. The van der Waals surface area contributed by atoms with Gasteiger partial charge in [-0.1, -0.05) is 11.8 Å². The summed E-state index contributed by atoms with van der Waals surface area (Å²) >= 11 is 0. The smallest absolute Gasteiger partial charge is 0.413 e. The van der Waals surface area contributed by atoms with Gasteiger partial charge in [-0.3, -0.25) is 0 Å². The molecule has 0 aliphatic heterocycles. The van der Waals surface area contributed by atoms with E-state index < -0.39 is 21.7 Å². The van der Waals surface area contributed by atoms with E-state index in [2.05, 4.69) is 4.43 Å². The molecule has 5 heteroatoms. The molecule has 0 unspecified atom stereocenters. The highest BCUT2D eigenvalue weighted by atomic mass is 28.2. The van der Waals surface area contributed by atoms with Gasteiger partial charge in [-0.25, -0.2) is 9.59 Å². The number of allylic oxidation sites excluding steroid dienone is 1. The van der Waals surface area contributed by atoms with E-state index >= 15 is 0 Å². The van der Waals surface area contributed by atoms with Gasteiger partial charge in [0.25, 0.3) is 0 Å². The molecular weight excluding hydrogens is 152 g/mol. The van der Waals surface area contributed by atoms with Crippen LogP contribution in [0.4, 0.5) is 0 Å². The first-order chi connectivity index (χ1) is 4.68. The maximum atomic E-state index is 10.2. The first-order valence-electron chi connectivity index (χ1n) is 2.69. The molecule has 0 heterocycles. The van der Waals surface area contributed by atoms with Gasteiger partial charge in [0, 0.05) is 0 Å². The van der Waals surface area contributed by atoms with Crippen LogP contribution in [-0.2, 0) is 14.0 Å². The predicted molar refractivity (Wildman–Crippen MR) is 37.1 cm³/mol. The van der Waals surface area contributed by atoms with E-state index in [1.54, 1.807) is 18.7 Å². The van der Waals surface area contributed by atoms with Crippen LogP contribution in [0.5, 0.6) is 0 Å². The van der Waals surface area contributed by atoms with Crippen LogP contribution in [0, 0.1) is 0 Å². The van der Waals surface area contributed by atoms with Gasteiger partial charge in [-0.2, -0.15) is 0 Å². The summed E-state index contributed by atoms with van der Waals surface area (Å²) in [5.41, 5.74) is 1.68. The predicted octanol–water partition coefficient (Wildman–Crippen LogP) is -0.768. The molecule has 0 spiro atoms. The Labute approximate surface area is 60.4 Å². The van der Waals surface area contributed by atoms with Gasteiger partial charge in [0.15, 0.2) is 0 Å². The van der Waals surface area contributed by atoms with Crippen LogP contribution >= 0.6 is 0 Å². The molecule has 0 aromatic heterocycles. The lowest BCUT2D eigenvalue weighted by atomic mass is 10.7. The normalized spacial score (nSPS) is 10.9. The molecule has 0 atom stereocenters. The van der Waals surface area contributed by atoms with Crippen molar-refractivity contribution in [3.05, 3.63) is 11.8 Å². The standard InChI is InChI=1S/C5H8O4Si/c1-2-3-10-9-5(8)4(6)7/h2-3H,10H2,1H3,(H,6,7). The minimum atomic E-state index is -1.53. The first-order valence-corrected chi connectivity index (χ1v) is 4.09. The Morgan fingerprint density at radius 1 is 1.60 bits per heavy atom. The van der Waals surface area contributed by atoms with E-state index in [0.29, 0.717) is 0 Å². The fraction of sp³-hybridized carbons (Fsp3) is 0.200. The number of rotatable bonds is 2. The molecule has 0 rings (SSSR count). The second-order valence-electron chi connectivity index (χ2n) is 1.47. The molecule has 0 fully saturated rings. The van der Waals surface area contributed by atoms with E-state index in [1.165, 1.54) is 0 Å². The fourth-order valence-electron chi connectivity index (χ4n) is 0.282. The highest BCUT2D eigenvalue weighted by Crippen LogP contribution is 1.76. The fourth-order valence-corrected chi connectivity index (χ4v) is 0.845. The molecule has 4 nitrogen and oxygen atoms in total. The topological polar surface area (TPSA) is 63.6 Å². The van der Waals surface area contributed by atoms with Crippen molar-refractivity contribution in [3.63, 3.8) is 0 Å². The summed E-state index contributed by atoms with van der Waals surface area (Å²) in [6.07, 6.45) is 1.72. The maximum absolute atomic E-state index is 10.2. The number of hydrogen-bond acceptors (Lipinski definition) is 3. The first kappa shape index (κ1) is 8.90. The van der Waals surface area contributed by atoms with Crippen molar-refractivity contribution in [2.45, 2.75) is 6.92 Å². The van der Waals surface area contributed by atoms with Crippen LogP contribution in [0.25, 0.3) is 0 Å². The van der Waals surface area contributed by atoms with Crippen LogP contribution in [0.2, 0.25) is 0 Å². The number of carboxylic acids is 1. The van der Waals surface area contributed by atoms with Crippen molar-refractivity contribution in [2.24, 2.45) is 0 Å². The molecule has 0 radical (unpaired) electrons. The molecule has 0 saturated carbocycles. The third-order valence-corrected chi connectivity index (χ3v) is 1.81. The summed E-state index contributed by atoms with van der Waals surface area (Å²) in [5.74, 6) is -2.69. The minimum absolute atomic E-state index is 1.09. The van der Waals surface area contributed by atoms with Gasteiger partial charge < -0.3 is 9.53 Å². The van der Waals surface area contributed by atoms with Crippen molar-refractivity contribution in [3.8, 4) is 0 Å². The number of hydrogen-bond donors (Lipinski definition) is 1. The molecule has 10 heavy (non-hydrogen) atoms. The van der Waals surface area contributed by atoms with Gasteiger partial charge in [0.1, 0.15) is 0 Å². The Kier molecular flexibility index (Phi) is 4.22. The minimum Gasteiger partial charge on any atom is -0.513 e. The number of carbonyl (C=O) groups is 2. The molecule has 0 bridgehead atoms. The van der Waals surface area contributed by atoms with Crippen molar-refractivity contribution >= 4 is 21.7 Å². The number of aliphatic carboxylic acids is 1.